The number of hydrogen-bond donors (Lipinski definition) is 1. The zero-order chi connectivity index (χ0) is 15.5. The zero-order valence-electron chi connectivity index (χ0n) is 14.1. The molecule has 0 amide bonds. The van der Waals surface area contributed by atoms with E-state index in [4.69, 9.17) is 9.15 Å². The lowest BCUT2D eigenvalue weighted by Crippen LogP contribution is -2.42. The van der Waals surface area contributed by atoms with Crippen LogP contribution >= 0.6 is 0 Å². The van der Waals surface area contributed by atoms with Crippen LogP contribution in [0.15, 0.2) is 22.8 Å². The van der Waals surface area contributed by atoms with E-state index in [9.17, 15) is 0 Å². The van der Waals surface area contributed by atoms with Crippen molar-refractivity contribution in [2.24, 2.45) is 0 Å². The summed E-state index contributed by atoms with van der Waals surface area (Å²) < 4.78 is 11.1. The highest BCUT2D eigenvalue weighted by molar-refractivity contribution is 5.05. The Bertz CT molecular complexity index is 361. The fourth-order valence-electron chi connectivity index (χ4n) is 3.05. The first kappa shape index (κ1) is 17.5. The standard InChI is InChI=1S/C18H32N2O2/c1-2-3-4-5-6-7-10-19-16-17(18-9-8-13-22-18)20-11-14-21-15-12-20/h8-9,13,17,19H,2-7,10-12,14-16H2,1H3. The van der Waals surface area contributed by atoms with Gasteiger partial charge in [0.25, 0.3) is 0 Å². The molecule has 1 aromatic heterocycles. The Hall–Kier alpha value is -0.840. The monoisotopic (exact) mass is 308 g/mol. The Labute approximate surface area is 135 Å². The Morgan fingerprint density at radius 1 is 1.14 bits per heavy atom. The van der Waals surface area contributed by atoms with Crippen LogP contribution in [0.2, 0.25) is 0 Å². The van der Waals surface area contributed by atoms with Gasteiger partial charge in [0.05, 0.1) is 25.5 Å². The maximum Gasteiger partial charge on any atom is 0.122 e. The molecule has 0 radical (unpaired) electrons. The fraction of sp³-hybridized carbons (Fsp3) is 0.778. The van der Waals surface area contributed by atoms with E-state index in [1.807, 2.05) is 6.07 Å². The maximum atomic E-state index is 5.65. The van der Waals surface area contributed by atoms with Crippen LogP contribution in [0.1, 0.15) is 57.3 Å². The van der Waals surface area contributed by atoms with Gasteiger partial charge >= 0.3 is 0 Å². The summed E-state index contributed by atoms with van der Waals surface area (Å²) >= 11 is 0. The van der Waals surface area contributed by atoms with Crippen LogP contribution in [0.3, 0.4) is 0 Å². The normalized spacial score (nSPS) is 17.7. The van der Waals surface area contributed by atoms with Crippen molar-refractivity contribution < 1.29 is 9.15 Å². The van der Waals surface area contributed by atoms with Crippen molar-refractivity contribution in [2.45, 2.75) is 51.5 Å². The van der Waals surface area contributed by atoms with Crippen LogP contribution in [0.4, 0.5) is 0 Å². The molecule has 2 heterocycles. The number of unbranched alkanes of at least 4 members (excludes halogenated alkanes) is 5. The molecule has 0 saturated carbocycles. The summed E-state index contributed by atoms with van der Waals surface area (Å²) in [6.45, 7) is 7.97. The molecule has 1 N–H and O–H groups in total. The highest BCUT2D eigenvalue weighted by Crippen LogP contribution is 2.21. The summed E-state index contributed by atoms with van der Waals surface area (Å²) in [5, 5.41) is 3.62. The maximum absolute atomic E-state index is 5.65. The molecule has 1 aromatic rings. The third kappa shape index (κ3) is 6.11. The molecule has 2 rings (SSSR count). The third-order valence-electron chi connectivity index (χ3n) is 4.40. The molecule has 4 nitrogen and oxygen atoms in total. The lowest BCUT2D eigenvalue weighted by molar-refractivity contribution is 0.0117. The lowest BCUT2D eigenvalue weighted by Gasteiger charge is -2.33. The minimum absolute atomic E-state index is 0.332. The van der Waals surface area contributed by atoms with Gasteiger partial charge in [0.1, 0.15) is 5.76 Å². The van der Waals surface area contributed by atoms with E-state index in [-0.39, 0.29) is 0 Å². The van der Waals surface area contributed by atoms with Gasteiger partial charge in [-0.2, -0.15) is 0 Å². The molecule has 1 aliphatic heterocycles. The highest BCUT2D eigenvalue weighted by atomic mass is 16.5. The molecule has 0 bridgehead atoms. The number of hydrogen-bond acceptors (Lipinski definition) is 4. The van der Waals surface area contributed by atoms with Crippen molar-refractivity contribution in [3.8, 4) is 0 Å². The minimum Gasteiger partial charge on any atom is -0.468 e. The van der Waals surface area contributed by atoms with Crippen molar-refractivity contribution in [1.82, 2.24) is 10.2 Å². The average molecular weight is 308 g/mol. The first-order valence-electron chi connectivity index (χ1n) is 8.97. The summed E-state index contributed by atoms with van der Waals surface area (Å²) in [5.41, 5.74) is 0. The van der Waals surface area contributed by atoms with E-state index >= 15 is 0 Å². The first-order valence-corrected chi connectivity index (χ1v) is 8.97. The molecule has 0 aliphatic carbocycles. The Kier molecular flexibility index (Phi) is 8.61. The van der Waals surface area contributed by atoms with Crippen LogP contribution in [0, 0.1) is 0 Å². The summed E-state index contributed by atoms with van der Waals surface area (Å²) in [6.07, 6.45) is 9.86. The molecule has 0 spiro atoms. The first-order chi connectivity index (χ1) is 10.9. The fourth-order valence-corrected chi connectivity index (χ4v) is 3.05. The molecule has 1 unspecified atom stereocenters. The SMILES string of the molecule is CCCCCCCCNCC(c1ccco1)N1CCOCC1. The van der Waals surface area contributed by atoms with E-state index in [1.165, 1.54) is 38.5 Å². The predicted molar refractivity (Wildman–Crippen MR) is 90.1 cm³/mol. The third-order valence-corrected chi connectivity index (χ3v) is 4.40. The topological polar surface area (TPSA) is 37.6 Å². The Balaban J connectivity index is 1.67. The number of rotatable bonds is 11. The van der Waals surface area contributed by atoms with Gasteiger partial charge in [-0.15, -0.1) is 0 Å². The van der Waals surface area contributed by atoms with Crippen molar-refractivity contribution in [3.63, 3.8) is 0 Å². The summed E-state index contributed by atoms with van der Waals surface area (Å²) in [7, 11) is 0. The van der Waals surface area contributed by atoms with Gasteiger partial charge < -0.3 is 14.5 Å². The van der Waals surface area contributed by atoms with Gasteiger partial charge in [-0.25, -0.2) is 0 Å². The van der Waals surface area contributed by atoms with Crippen molar-refractivity contribution in [2.75, 3.05) is 39.4 Å². The molecule has 22 heavy (non-hydrogen) atoms. The van der Waals surface area contributed by atoms with Crippen molar-refractivity contribution in [1.29, 1.82) is 0 Å². The van der Waals surface area contributed by atoms with Crippen molar-refractivity contribution in [3.05, 3.63) is 24.2 Å². The van der Waals surface area contributed by atoms with Crippen LogP contribution in [-0.2, 0) is 4.74 Å². The quantitative estimate of drug-likeness (QED) is 0.634. The second-order valence-corrected chi connectivity index (χ2v) is 6.15. The van der Waals surface area contributed by atoms with Gasteiger partial charge in [0.15, 0.2) is 0 Å². The zero-order valence-corrected chi connectivity index (χ0v) is 14.1. The van der Waals surface area contributed by atoms with E-state index < -0.39 is 0 Å². The molecule has 1 atom stereocenters. The predicted octanol–water partition coefficient (Wildman–Crippen LogP) is 3.60. The Morgan fingerprint density at radius 2 is 1.91 bits per heavy atom. The highest BCUT2D eigenvalue weighted by Gasteiger charge is 2.24. The van der Waals surface area contributed by atoms with Gasteiger partial charge in [-0.1, -0.05) is 39.0 Å². The molecule has 1 fully saturated rings. The van der Waals surface area contributed by atoms with Gasteiger partial charge in [-0.05, 0) is 25.1 Å². The molecule has 1 saturated heterocycles. The average Bonchev–Trinajstić information content (AvgIpc) is 3.08. The number of ether oxygens (including phenoxy) is 1. The number of nitrogens with zero attached hydrogens (tertiary/aromatic N) is 1. The van der Waals surface area contributed by atoms with Gasteiger partial charge in [0.2, 0.25) is 0 Å². The van der Waals surface area contributed by atoms with E-state index in [1.54, 1.807) is 6.26 Å². The van der Waals surface area contributed by atoms with Crippen LogP contribution in [-0.4, -0.2) is 44.3 Å². The number of nitrogens with one attached hydrogen (secondary N) is 1. The Morgan fingerprint density at radius 3 is 2.64 bits per heavy atom. The lowest BCUT2D eigenvalue weighted by atomic mass is 10.1. The molecule has 0 aromatic carbocycles. The summed E-state index contributed by atoms with van der Waals surface area (Å²) in [5.74, 6) is 1.07. The summed E-state index contributed by atoms with van der Waals surface area (Å²) in [4.78, 5) is 2.47. The number of furan rings is 1. The number of morpholine rings is 1. The van der Waals surface area contributed by atoms with Crippen LogP contribution in [0.25, 0.3) is 0 Å². The smallest absolute Gasteiger partial charge is 0.122 e. The van der Waals surface area contributed by atoms with Crippen LogP contribution < -0.4 is 5.32 Å². The largest absolute Gasteiger partial charge is 0.468 e. The van der Waals surface area contributed by atoms with Crippen molar-refractivity contribution >= 4 is 0 Å². The molecule has 1 aliphatic rings. The molecular formula is C18H32N2O2. The van der Waals surface area contributed by atoms with Gasteiger partial charge in [-0.3, -0.25) is 4.90 Å². The summed E-state index contributed by atoms with van der Waals surface area (Å²) in [6, 6.07) is 4.40. The van der Waals surface area contributed by atoms with E-state index in [0.717, 1.165) is 45.2 Å². The van der Waals surface area contributed by atoms with E-state index in [2.05, 4.69) is 23.2 Å². The molecule has 4 heteroatoms. The minimum atomic E-state index is 0.332. The van der Waals surface area contributed by atoms with E-state index in [0.29, 0.717) is 6.04 Å². The van der Waals surface area contributed by atoms with Gasteiger partial charge in [0, 0.05) is 19.6 Å². The van der Waals surface area contributed by atoms with Crippen LogP contribution in [0.5, 0.6) is 0 Å². The molecule has 126 valence electrons. The second kappa shape index (κ2) is 10.8. The second-order valence-electron chi connectivity index (χ2n) is 6.15. The molecular weight excluding hydrogens is 276 g/mol.